The molecule has 1 aromatic carbocycles. The predicted octanol–water partition coefficient (Wildman–Crippen LogP) is 2.24. The first-order valence-corrected chi connectivity index (χ1v) is 3.97. The van der Waals surface area contributed by atoms with Crippen molar-refractivity contribution in [2.24, 2.45) is 5.18 Å². The summed E-state index contributed by atoms with van der Waals surface area (Å²) in [6, 6.07) is 9.78. The summed E-state index contributed by atoms with van der Waals surface area (Å²) >= 11 is 0. The zero-order valence-electron chi connectivity index (χ0n) is 7.10. The van der Waals surface area contributed by atoms with Gasteiger partial charge in [0.15, 0.2) is 6.67 Å². The van der Waals surface area contributed by atoms with E-state index in [0.29, 0.717) is 0 Å². The minimum Gasteiger partial charge on any atom is -0.350 e. The van der Waals surface area contributed by atoms with Crippen molar-refractivity contribution in [2.75, 3.05) is 18.1 Å². The molecule has 64 valence electrons. The average Bonchev–Trinajstić information content (AvgIpc) is 2.15. The van der Waals surface area contributed by atoms with E-state index < -0.39 is 0 Å². The van der Waals surface area contributed by atoms with Crippen LogP contribution in [0.4, 0.5) is 5.69 Å². The molecule has 1 rings (SSSR count). The Morgan fingerprint density at radius 2 is 2.00 bits per heavy atom. The SMILES string of the molecule is CCN(CN=O)c1ccccc1. The number of hydrogen-bond donors (Lipinski definition) is 0. The zero-order valence-corrected chi connectivity index (χ0v) is 7.10. The monoisotopic (exact) mass is 164 g/mol. The van der Waals surface area contributed by atoms with E-state index in [4.69, 9.17) is 0 Å². The molecule has 0 aliphatic carbocycles. The Balaban J connectivity index is 2.72. The molecule has 0 amide bonds. The first-order valence-electron chi connectivity index (χ1n) is 3.97. The van der Waals surface area contributed by atoms with Crippen LogP contribution >= 0.6 is 0 Å². The first kappa shape index (κ1) is 8.71. The van der Waals surface area contributed by atoms with E-state index >= 15 is 0 Å². The third kappa shape index (κ3) is 2.05. The Bertz CT molecular complexity index is 236. The highest BCUT2D eigenvalue weighted by molar-refractivity contribution is 5.45. The van der Waals surface area contributed by atoms with Crippen LogP contribution in [0.1, 0.15) is 6.92 Å². The van der Waals surface area contributed by atoms with Crippen LogP contribution in [0.5, 0.6) is 0 Å². The Hall–Kier alpha value is -1.38. The molecule has 12 heavy (non-hydrogen) atoms. The summed E-state index contributed by atoms with van der Waals surface area (Å²) in [5, 5.41) is 2.86. The highest BCUT2D eigenvalue weighted by atomic mass is 16.3. The molecule has 3 heteroatoms. The third-order valence-corrected chi connectivity index (χ3v) is 1.73. The molecule has 0 spiro atoms. The fraction of sp³-hybridized carbons (Fsp3) is 0.333. The van der Waals surface area contributed by atoms with Gasteiger partial charge in [-0.05, 0) is 24.2 Å². The molecular formula is C9H12N2O. The predicted molar refractivity (Wildman–Crippen MR) is 50.1 cm³/mol. The summed E-state index contributed by atoms with van der Waals surface area (Å²) in [5.74, 6) is 0. The van der Waals surface area contributed by atoms with Crippen molar-refractivity contribution in [3.63, 3.8) is 0 Å². The van der Waals surface area contributed by atoms with Gasteiger partial charge in [0, 0.05) is 12.2 Å². The number of rotatable bonds is 4. The number of nitrogens with zero attached hydrogens (tertiary/aromatic N) is 2. The Morgan fingerprint density at radius 3 is 2.50 bits per heavy atom. The van der Waals surface area contributed by atoms with E-state index in [1.54, 1.807) is 0 Å². The fourth-order valence-electron chi connectivity index (χ4n) is 1.07. The summed E-state index contributed by atoms with van der Waals surface area (Å²) in [6.45, 7) is 3.02. The van der Waals surface area contributed by atoms with Gasteiger partial charge >= 0.3 is 0 Å². The van der Waals surface area contributed by atoms with Gasteiger partial charge in [0.25, 0.3) is 0 Å². The van der Waals surface area contributed by atoms with Gasteiger partial charge in [-0.2, -0.15) is 0 Å². The number of hydrogen-bond acceptors (Lipinski definition) is 3. The number of nitroso groups, excluding NO2 is 1. The summed E-state index contributed by atoms with van der Waals surface area (Å²) in [6.07, 6.45) is 0. The highest BCUT2D eigenvalue weighted by Gasteiger charge is 2.00. The Kier molecular flexibility index (Phi) is 3.26. The molecule has 0 radical (unpaired) electrons. The lowest BCUT2D eigenvalue weighted by atomic mass is 10.3. The molecule has 0 fully saturated rings. The minimum absolute atomic E-state index is 0.223. The normalized spacial score (nSPS) is 9.42. The van der Waals surface area contributed by atoms with Crippen LogP contribution in [-0.2, 0) is 0 Å². The van der Waals surface area contributed by atoms with Crippen LogP contribution in [0.25, 0.3) is 0 Å². The first-order chi connectivity index (χ1) is 5.88. The lowest BCUT2D eigenvalue weighted by Gasteiger charge is -2.18. The molecule has 0 aliphatic heterocycles. The lowest BCUT2D eigenvalue weighted by molar-refractivity contribution is 0.840. The van der Waals surface area contributed by atoms with Crippen LogP contribution in [0, 0.1) is 4.91 Å². The van der Waals surface area contributed by atoms with Crippen molar-refractivity contribution in [1.29, 1.82) is 0 Å². The molecule has 3 nitrogen and oxygen atoms in total. The van der Waals surface area contributed by atoms with Crippen LogP contribution in [-0.4, -0.2) is 13.2 Å². The van der Waals surface area contributed by atoms with Crippen LogP contribution in [0.3, 0.4) is 0 Å². The van der Waals surface area contributed by atoms with E-state index in [-0.39, 0.29) is 6.67 Å². The molecular weight excluding hydrogens is 152 g/mol. The number of para-hydroxylation sites is 1. The maximum absolute atomic E-state index is 10.1. The highest BCUT2D eigenvalue weighted by Crippen LogP contribution is 2.11. The van der Waals surface area contributed by atoms with Crippen LogP contribution in [0.2, 0.25) is 0 Å². The molecule has 0 atom stereocenters. The van der Waals surface area contributed by atoms with Crippen LogP contribution < -0.4 is 4.90 Å². The van der Waals surface area contributed by atoms with Gasteiger partial charge in [-0.15, -0.1) is 4.91 Å². The molecule has 0 saturated heterocycles. The average molecular weight is 164 g/mol. The molecule has 0 saturated carbocycles. The van der Waals surface area contributed by atoms with Crippen molar-refractivity contribution in [1.82, 2.24) is 0 Å². The largest absolute Gasteiger partial charge is 0.350 e. The van der Waals surface area contributed by atoms with Gasteiger partial charge in [0.1, 0.15) is 0 Å². The standard InChI is InChI=1S/C9H12N2O/c1-2-11(8-10-12)9-6-4-3-5-7-9/h3-7H,2,8H2,1H3. The van der Waals surface area contributed by atoms with E-state index in [1.807, 2.05) is 42.2 Å². The zero-order chi connectivity index (χ0) is 8.81. The maximum Gasteiger partial charge on any atom is 0.152 e. The van der Waals surface area contributed by atoms with Gasteiger partial charge in [-0.3, -0.25) is 0 Å². The second-order valence-corrected chi connectivity index (χ2v) is 2.46. The molecule has 0 bridgehead atoms. The van der Waals surface area contributed by atoms with E-state index in [0.717, 1.165) is 12.2 Å². The number of benzene rings is 1. The minimum atomic E-state index is 0.223. The lowest BCUT2D eigenvalue weighted by Crippen LogP contribution is -2.21. The maximum atomic E-state index is 10.1. The van der Waals surface area contributed by atoms with Crippen LogP contribution in [0.15, 0.2) is 35.5 Å². The summed E-state index contributed by atoms with van der Waals surface area (Å²) in [4.78, 5) is 12.0. The molecule has 0 N–H and O–H groups in total. The second-order valence-electron chi connectivity index (χ2n) is 2.46. The molecule has 0 unspecified atom stereocenters. The summed E-state index contributed by atoms with van der Waals surface area (Å²) in [5.41, 5.74) is 1.04. The second kappa shape index (κ2) is 4.49. The third-order valence-electron chi connectivity index (χ3n) is 1.73. The molecule has 0 aliphatic rings. The Labute approximate surface area is 72.0 Å². The van der Waals surface area contributed by atoms with Crippen molar-refractivity contribution >= 4 is 5.69 Å². The van der Waals surface area contributed by atoms with Gasteiger partial charge in [-0.1, -0.05) is 18.2 Å². The van der Waals surface area contributed by atoms with E-state index in [1.165, 1.54) is 0 Å². The van der Waals surface area contributed by atoms with Gasteiger partial charge in [-0.25, -0.2) is 0 Å². The fourth-order valence-corrected chi connectivity index (χ4v) is 1.07. The Morgan fingerprint density at radius 1 is 1.33 bits per heavy atom. The van der Waals surface area contributed by atoms with E-state index in [9.17, 15) is 4.91 Å². The molecule has 0 heterocycles. The molecule has 1 aromatic rings. The quantitative estimate of drug-likeness (QED) is 0.639. The number of anilines is 1. The summed E-state index contributed by atoms with van der Waals surface area (Å²) < 4.78 is 0. The van der Waals surface area contributed by atoms with Crippen molar-refractivity contribution in [3.05, 3.63) is 35.2 Å². The van der Waals surface area contributed by atoms with Gasteiger partial charge in [0.2, 0.25) is 0 Å². The van der Waals surface area contributed by atoms with E-state index in [2.05, 4.69) is 5.18 Å². The molecule has 0 aromatic heterocycles. The van der Waals surface area contributed by atoms with Gasteiger partial charge in [0.05, 0.1) is 0 Å². The van der Waals surface area contributed by atoms with Crippen molar-refractivity contribution in [2.45, 2.75) is 6.92 Å². The smallest absolute Gasteiger partial charge is 0.152 e. The topological polar surface area (TPSA) is 32.7 Å². The van der Waals surface area contributed by atoms with Crippen molar-refractivity contribution < 1.29 is 0 Å². The summed E-state index contributed by atoms with van der Waals surface area (Å²) in [7, 11) is 0. The van der Waals surface area contributed by atoms with Gasteiger partial charge < -0.3 is 4.90 Å². The van der Waals surface area contributed by atoms with Crippen molar-refractivity contribution in [3.8, 4) is 0 Å².